The minimum atomic E-state index is 0.152. The summed E-state index contributed by atoms with van der Waals surface area (Å²) in [5.41, 5.74) is 2.02. The van der Waals surface area contributed by atoms with Crippen molar-refractivity contribution in [3.8, 4) is 0 Å². The topological polar surface area (TPSA) is 37.1 Å². The highest BCUT2D eigenvalue weighted by atomic mass is 15.2. The van der Waals surface area contributed by atoms with Crippen molar-refractivity contribution in [2.75, 3.05) is 0 Å². The maximum atomic E-state index is 3.98. The second-order valence-electron chi connectivity index (χ2n) is 2.39. The second kappa shape index (κ2) is 3.23. The number of allylic oxidation sites excluding steroid dienone is 1. The molecule has 3 heteroatoms. The van der Waals surface area contributed by atoms with E-state index in [1.54, 1.807) is 6.21 Å². The third-order valence-electron chi connectivity index (χ3n) is 1.57. The van der Waals surface area contributed by atoms with Gasteiger partial charge < -0.3 is 0 Å². The molecule has 0 aromatic heterocycles. The molecule has 3 nitrogen and oxygen atoms in total. The van der Waals surface area contributed by atoms with Crippen LogP contribution in [0.1, 0.15) is 13.8 Å². The van der Waals surface area contributed by atoms with Gasteiger partial charge in [0.15, 0.2) is 0 Å². The van der Waals surface area contributed by atoms with Crippen molar-refractivity contribution in [3.63, 3.8) is 0 Å². The van der Waals surface area contributed by atoms with Crippen LogP contribution in [0.4, 0.5) is 0 Å². The van der Waals surface area contributed by atoms with E-state index in [1.165, 1.54) is 6.20 Å². The summed E-state index contributed by atoms with van der Waals surface area (Å²) in [6.07, 6.45) is 3.26. The monoisotopic (exact) mass is 149 g/mol. The van der Waals surface area contributed by atoms with Crippen molar-refractivity contribution in [1.82, 2.24) is 0 Å². The Morgan fingerprint density at radius 2 is 2.36 bits per heavy atom. The van der Waals surface area contributed by atoms with E-state index in [0.717, 1.165) is 11.3 Å². The van der Waals surface area contributed by atoms with Gasteiger partial charge in [0, 0.05) is 18.0 Å². The van der Waals surface area contributed by atoms with Crippen molar-refractivity contribution < 1.29 is 0 Å². The molecule has 0 aliphatic carbocycles. The average molecular weight is 149 g/mol. The first-order valence-corrected chi connectivity index (χ1v) is 3.51. The van der Waals surface area contributed by atoms with E-state index >= 15 is 0 Å². The maximum Gasteiger partial charge on any atom is 0.0966 e. The Morgan fingerprint density at radius 1 is 1.64 bits per heavy atom. The Kier molecular flexibility index (Phi) is 2.31. The smallest absolute Gasteiger partial charge is 0.0966 e. The van der Waals surface area contributed by atoms with Crippen LogP contribution in [-0.2, 0) is 0 Å². The van der Waals surface area contributed by atoms with Crippen LogP contribution in [0.3, 0.4) is 0 Å². The first-order valence-electron chi connectivity index (χ1n) is 3.51. The summed E-state index contributed by atoms with van der Waals surface area (Å²) in [6.45, 7) is 7.41. The number of hydrogen-bond acceptors (Lipinski definition) is 3. The predicted molar refractivity (Wildman–Crippen MR) is 45.7 cm³/mol. The fraction of sp³-hybridized carbons (Fsp3) is 0.375. The molecule has 1 aliphatic rings. The van der Waals surface area contributed by atoms with Gasteiger partial charge in [-0.05, 0) is 13.8 Å². The Hall–Kier alpha value is -1.25. The molecular weight excluding hydrogens is 138 g/mol. The second-order valence-corrected chi connectivity index (χ2v) is 2.39. The summed E-state index contributed by atoms with van der Waals surface area (Å²) in [5, 5.41) is 7.91. The first kappa shape index (κ1) is 7.85. The number of azo groups is 1. The third kappa shape index (κ3) is 1.61. The molecule has 1 rings (SSSR count). The summed E-state index contributed by atoms with van der Waals surface area (Å²) in [5.74, 6) is 0. The van der Waals surface area contributed by atoms with Gasteiger partial charge in [-0.2, -0.15) is 10.2 Å². The predicted octanol–water partition coefficient (Wildman–Crippen LogP) is 2.33. The number of aliphatic imine (C=N–C) groups is 1. The van der Waals surface area contributed by atoms with Crippen LogP contribution in [0.2, 0.25) is 0 Å². The standard InChI is InChI=1S/C8H11N3/c1-4-9-5-8-6(2)10-11-7(8)3/h4-6H,1H2,2-3H3. The molecule has 0 aromatic rings. The summed E-state index contributed by atoms with van der Waals surface area (Å²) in [6, 6.07) is 0.152. The van der Waals surface area contributed by atoms with Crippen LogP contribution >= 0.6 is 0 Å². The van der Waals surface area contributed by atoms with E-state index in [-0.39, 0.29) is 6.04 Å². The van der Waals surface area contributed by atoms with Gasteiger partial charge in [-0.25, -0.2) is 0 Å². The highest BCUT2D eigenvalue weighted by Crippen LogP contribution is 2.19. The summed E-state index contributed by atoms with van der Waals surface area (Å²) in [4.78, 5) is 3.92. The molecule has 0 amide bonds. The van der Waals surface area contributed by atoms with Crippen LogP contribution in [0.15, 0.2) is 39.3 Å². The SMILES string of the molecule is C=CN=CC1=C(C)N=NC1C. The summed E-state index contributed by atoms with van der Waals surface area (Å²) < 4.78 is 0. The number of nitrogens with zero attached hydrogens (tertiary/aromatic N) is 3. The Balaban J connectivity index is 2.80. The molecule has 0 radical (unpaired) electrons. The van der Waals surface area contributed by atoms with Gasteiger partial charge in [-0.3, -0.25) is 4.99 Å². The zero-order chi connectivity index (χ0) is 8.27. The van der Waals surface area contributed by atoms with Crippen LogP contribution in [0, 0.1) is 0 Å². The summed E-state index contributed by atoms with van der Waals surface area (Å²) in [7, 11) is 0. The zero-order valence-corrected chi connectivity index (χ0v) is 6.78. The molecule has 0 fully saturated rings. The molecule has 0 saturated heterocycles. The van der Waals surface area contributed by atoms with E-state index < -0.39 is 0 Å². The van der Waals surface area contributed by atoms with E-state index in [1.807, 2.05) is 13.8 Å². The van der Waals surface area contributed by atoms with Crippen molar-refractivity contribution in [3.05, 3.63) is 24.0 Å². The molecule has 1 unspecified atom stereocenters. The molecule has 58 valence electrons. The Morgan fingerprint density at radius 3 is 2.82 bits per heavy atom. The van der Waals surface area contributed by atoms with E-state index in [9.17, 15) is 0 Å². The summed E-state index contributed by atoms with van der Waals surface area (Å²) >= 11 is 0. The molecule has 1 aliphatic heterocycles. The first-order chi connectivity index (χ1) is 5.25. The maximum absolute atomic E-state index is 3.98. The minimum Gasteiger partial charge on any atom is -0.265 e. The fourth-order valence-electron chi connectivity index (χ4n) is 0.930. The van der Waals surface area contributed by atoms with Crippen LogP contribution in [0.25, 0.3) is 0 Å². The van der Waals surface area contributed by atoms with E-state index in [0.29, 0.717) is 0 Å². The Labute approximate surface area is 66.3 Å². The van der Waals surface area contributed by atoms with Crippen LogP contribution in [0.5, 0.6) is 0 Å². The largest absolute Gasteiger partial charge is 0.265 e. The average Bonchev–Trinajstić information content (AvgIpc) is 2.29. The normalized spacial score (nSPS) is 23.6. The van der Waals surface area contributed by atoms with Gasteiger partial charge >= 0.3 is 0 Å². The van der Waals surface area contributed by atoms with Crippen molar-refractivity contribution >= 4 is 6.21 Å². The van der Waals surface area contributed by atoms with Gasteiger partial charge in [-0.15, -0.1) is 0 Å². The van der Waals surface area contributed by atoms with Crippen molar-refractivity contribution in [2.45, 2.75) is 19.9 Å². The Bertz CT molecular complexity index is 248. The van der Waals surface area contributed by atoms with E-state index in [2.05, 4.69) is 21.8 Å². The lowest BCUT2D eigenvalue weighted by atomic mass is 10.1. The lowest BCUT2D eigenvalue weighted by Gasteiger charge is -1.97. The van der Waals surface area contributed by atoms with Crippen LogP contribution in [-0.4, -0.2) is 12.3 Å². The van der Waals surface area contributed by atoms with Crippen molar-refractivity contribution in [2.24, 2.45) is 15.2 Å². The van der Waals surface area contributed by atoms with E-state index in [4.69, 9.17) is 0 Å². The number of hydrogen-bond donors (Lipinski definition) is 0. The lowest BCUT2D eigenvalue weighted by molar-refractivity contribution is 0.877. The molecule has 0 spiro atoms. The highest BCUT2D eigenvalue weighted by molar-refractivity contribution is 5.82. The van der Waals surface area contributed by atoms with Gasteiger partial charge in [0.1, 0.15) is 0 Å². The van der Waals surface area contributed by atoms with Crippen LogP contribution < -0.4 is 0 Å². The quantitative estimate of drug-likeness (QED) is 0.540. The molecule has 0 aromatic carbocycles. The van der Waals surface area contributed by atoms with Gasteiger partial charge in [0.05, 0.1) is 11.7 Å². The van der Waals surface area contributed by atoms with Gasteiger partial charge in [0.2, 0.25) is 0 Å². The molecule has 0 saturated carbocycles. The zero-order valence-electron chi connectivity index (χ0n) is 6.78. The molecule has 1 heterocycles. The van der Waals surface area contributed by atoms with Gasteiger partial charge in [0.25, 0.3) is 0 Å². The molecule has 0 bridgehead atoms. The molecule has 11 heavy (non-hydrogen) atoms. The molecular formula is C8H11N3. The highest BCUT2D eigenvalue weighted by Gasteiger charge is 2.13. The number of rotatable bonds is 2. The lowest BCUT2D eigenvalue weighted by Crippen LogP contribution is -2.00. The molecule has 0 N–H and O–H groups in total. The minimum absolute atomic E-state index is 0.152. The van der Waals surface area contributed by atoms with Gasteiger partial charge in [-0.1, -0.05) is 6.58 Å². The molecule has 1 atom stereocenters. The third-order valence-corrected chi connectivity index (χ3v) is 1.57. The fourth-order valence-corrected chi connectivity index (χ4v) is 0.930. The van der Waals surface area contributed by atoms with Crippen molar-refractivity contribution in [1.29, 1.82) is 0 Å².